The number of benzene rings is 1. The lowest BCUT2D eigenvalue weighted by Crippen LogP contribution is -2.54. The molecule has 26 heavy (non-hydrogen) atoms. The van der Waals surface area contributed by atoms with Crippen molar-refractivity contribution in [1.29, 1.82) is 0 Å². The molecule has 0 bridgehead atoms. The monoisotopic (exact) mass is 477 g/mol. The highest BCUT2D eigenvalue weighted by atomic mass is 127. The van der Waals surface area contributed by atoms with Gasteiger partial charge in [0.1, 0.15) is 5.82 Å². The van der Waals surface area contributed by atoms with Gasteiger partial charge in [-0.3, -0.25) is 4.99 Å². The molecule has 2 saturated heterocycles. The lowest BCUT2D eigenvalue weighted by molar-refractivity contribution is -0.0163. The molecule has 1 aromatic rings. The second-order valence-corrected chi connectivity index (χ2v) is 6.63. The molecule has 0 aliphatic carbocycles. The summed E-state index contributed by atoms with van der Waals surface area (Å²) in [6, 6.07) is 6.72. The topological polar surface area (TPSA) is 43.3 Å². The van der Waals surface area contributed by atoms with Crippen molar-refractivity contribution < 1.29 is 9.13 Å². The van der Waals surface area contributed by atoms with Crippen molar-refractivity contribution in [2.75, 3.05) is 71.4 Å². The van der Waals surface area contributed by atoms with Gasteiger partial charge in [-0.05, 0) is 31.3 Å². The summed E-state index contributed by atoms with van der Waals surface area (Å²) in [5.41, 5.74) is 1.07. The van der Waals surface area contributed by atoms with Crippen LogP contribution < -0.4 is 10.2 Å². The number of hydrogen-bond acceptors (Lipinski definition) is 4. The van der Waals surface area contributed by atoms with E-state index in [-0.39, 0.29) is 35.9 Å². The first-order valence-electron chi connectivity index (χ1n) is 8.92. The molecule has 3 rings (SSSR count). The zero-order valence-corrected chi connectivity index (χ0v) is 17.9. The van der Waals surface area contributed by atoms with Gasteiger partial charge in [-0.1, -0.05) is 0 Å². The number of piperazine rings is 1. The van der Waals surface area contributed by atoms with E-state index in [1.807, 2.05) is 19.2 Å². The predicted molar refractivity (Wildman–Crippen MR) is 114 cm³/mol. The van der Waals surface area contributed by atoms with Gasteiger partial charge in [0.05, 0.1) is 12.7 Å². The summed E-state index contributed by atoms with van der Waals surface area (Å²) in [6.45, 7) is 7.08. The van der Waals surface area contributed by atoms with Crippen LogP contribution in [0.1, 0.15) is 0 Å². The number of nitrogens with one attached hydrogen (secondary N) is 1. The number of guanidine groups is 1. The summed E-state index contributed by atoms with van der Waals surface area (Å²) in [5.74, 6) is 0.734. The zero-order chi connectivity index (χ0) is 17.6. The molecule has 0 amide bonds. The molecule has 0 aromatic heterocycles. The van der Waals surface area contributed by atoms with Crippen LogP contribution >= 0.6 is 24.0 Å². The Labute approximate surface area is 172 Å². The third-order valence-electron chi connectivity index (χ3n) is 4.81. The molecular weight excluding hydrogens is 448 g/mol. The van der Waals surface area contributed by atoms with Crippen molar-refractivity contribution in [2.24, 2.45) is 4.99 Å². The molecule has 8 heteroatoms. The van der Waals surface area contributed by atoms with Gasteiger partial charge in [-0.2, -0.15) is 0 Å². The summed E-state index contributed by atoms with van der Waals surface area (Å²) >= 11 is 0. The lowest BCUT2D eigenvalue weighted by Gasteiger charge is -2.38. The second-order valence-electron chi connectivity index (χ2n) is 6.63. The summed E-state index contributed by atoms with van der Waals surface area (Å²) < 4.78 is 18.9. The van der Waals surface area contributed by atoms with Gasteiger partial charge in [0.25, 0.3) is 0 Å². The molecule has 2 aliphatic heterocycles. The quantitative estimate of drug-likeness (QED) is 0.406. The highest BCUT2D eigenvalue weighted by molar-refractivity contribution is 14.0. The highest BCUT2D eigenvalue weighted by Gasteiger charge is 2.22. The predicted octanol–water partition coefficient (Wildman–Crippen LogP) is 1.47. The number of anilines is 1. The molecule has 0 saturated carbocycles. The maximum atomic E-state index is 13.1. The fraction of sp³-hybridized carbons (Fsp3) is 0.611. The van der Waals surface area contributed by atoms with Gasteiger partial charge in [0.2, 0.25) is 0 Å². The number of hydrogen-bond donors (Lipinski definition) is 1. The van der Waals surface area contributed by atoms with Gasteiger partial charge in [-0.15, -0.1) is 24.0 Å². The third-order valence-corrected chi connectivity index (χ3v) is 4.81. The fourth-order valence-corrected chi connectivity index (χ4v) is 3.36. The summed E-state index contributed by atoms with van der Waals surface area (Å²) in [4.78, 5) is 11.3. The summed E-state index contributed by atoms with van der Waals surface area (Å²) in [5, 5.41) is 3.45. The number of likely N-dealkylation sites (N-methyl/N-ethyl adjacent to an activating group) is 1. The van der Waals surface area contributed by atoms with E-state index in [0.29, 0.717) is 0 Å². The van der Waals surface area contributed by atoms with E-state index in [1.54, 1.807) is 0 Å². The molecule has 1 atom stereocenters. The van der Waals surface area contributed by atoms with Crippen molar-refractivity contribution in [1.82, 2.24) is 15.1 Å². The van der Waals surface area contributed by atoms with E-state index in [0.717, 1.165) is 64.1 Å². The van der Waals surface area contributed by atoms with E-state index in [9.17, 15) is 4.39 Å². The summed E-state index contributed by atoms with van der Waals surface area (Å²) in [7, 11) is 3.95. The molecule has 0 spiro atoms. The molecule has 1 aromatic carbocycles. The van der Waals surface area contributed by atoms with Crippen molar-refractivity contribution in [3.05, 3.63) is 30.1 Å². The normalized spacial score (nSPS) is 22.1. The number of aliphatic imine (C=N–C) groups is 1. The van der Waals surface area contributed by atoms with Crippen molar-refractivity contribution in [3.8, 4) is 0 Å². The Morgan fingerprint density at radius 2 is 1.88 bits per heavy atom. The SMILES string of the molecule is CN=C(NCC1CN(C)CCO1)N1CCN(c2ccc(F)cc2)CC1.I. The number of ether oxygens (including phenoxy) is 1. The maximum absolute atomic E-state index is 13.1. The molecule has 0 radical (unpaired) electrons. The number of nitrogens with zero attached hydrogens (tertiary/aromatic N) is 4. The van der Waals surface area contributed by atoms with E-state index >= 15 is 0 Å². The number of rotatable bonds is 3. The van der Waals surface area contributed by atoms with Crippen LogP contribution in [0.2, 0.25) is 0 Å². The van der Waals surface area contributed by atoms with Crippen LogP contribution in [-0.4, -0.2) is 88.4 Å². The Hall–Kier alpha value is -1.13. The lowest BCUT2D eigenvalue weighted by atomic mass is 10.2. The molecule has 1 unspecified atom stereocenters. The fourth-order valence-electron chi connectivity index (χ4n) is 3.36. The second kappa shape index (κ2) is 10.3. The molecule has 6 nitrogen and oxygen atoms in total. The first-order valence-corrected chi connectivity index (χ1v) is 8.92. The van der Waals surface area contributed by atoms with Gasteiger partial charge in [-0.25, -0.2) is 4.39 Å². The first-order chi connectivity index (χ1) is 12.2. The highest BCUT2D eigenvalue weighted by Crippen LogP contribution is 2.17. The Bertz CT molecular complexity index is 577. The minimum Gasteiger partial charge on any atom is -0.374 e. The zero-order valence-electron chi connectivity index (χ0n) is 15.5. The van der Waals surface area contributed by atoms with E-state index in [2.05, 4.69) is 32.1 Å². The van der Waals surface area contributed by atoms with Gasteiger partial charge in [0, 0.05) is 58.5 Å². The largest absolute Gasteiger partial charge is 0.374 e. The van der Waals surface area contributed by atoms with Crippen LogP contribution in [0.15, 0.2) is 29.3 Å². The van der Waals surface area contributed by atoms with Crippen LogP contribution in [0, 0.1) is 5.82 Å². The minimum absolute atomic E-state index is 0. The number of morpholine rings is 1. The summed E-state index contributed by atoms with van der Waals surface area (Å²) in [6.07, 6.45) is 0.205. The smallest absolute Gasteiger partial charge is 0.193 e. The Kier molecular flexibility index (Phi) is 8.36. The minimum atomic E-state index is -0.192. The average Bonchev–Trinajstić information content (AvgIpc) is 2.63. The molecule has 1 N–H and O–H groups in total. The Morgan fingerprint density at radius 1 is 1.19 bits per heavy atom. The standard InChI is InChI=1S/C18H28FN5O.HI/c1-20-18(21-13-17-14-22(2)11-12-25-17)24-9-7-23(8-10-24)16-5-3-15(19)4-6-16;/h3-6,17H,7-14H2,1-2H3,(H,20,21);1H. The molecule has 2 fully saturated rings. The first kappa shape index (κ1) is 21.2. The Balaban J connectivity index is 0.00000243. The molecule has 146 valence electrons. The van der Waals surface area contributed by atoms with Crippen LogP contribution in [0.4, 0.5) is 10.1 Å². The third kappa shape index (κ3) is 5.68. The van der Waals surface area contributed by atoms with Crippen LogP contribution in [0.25, 0.3) is 0 Å². The Morgan fingerprint density at radius 3 is 2.50 bits per heavy atom. The van der Waals surface area contributed by atoms with Crippen LogP contribution in [0.3, 0.4) is 0 Å². The van der Waals surface area contributed by atoms with Gasteiger partial charge >= 0.3 is 0 Å². The van der Waals surface area contributed by atoms with Crippen molar-refractivity contribution in [2.45, 2.75) is 6.10 Å². The molecule has 2 heterocycles. The van der Waals surface area contributed by atoms with Crippen LogP contribution in [-0.2, 0) is 4.74 Å². The molecular formula is C18H29FIN5O. The van der Waals surface area contributed by atoms with E-state index in [1.165, 1.54) is 12.1 Å². The van der Waals surface area contributed by atoms with Gasteiger partial charge < -0.3 is 24.8 Å². The average molecular weight is 477 g/mol. The van der Waals surface area contributed by atoms with Crippen molar-refractivity contribution >= 4 is 35.6 Å². The van der Waals surface area contributed by atoms with Crippen LogP contribution in [0.5, 0.6) is 0 Å². The van der Waals surface area contributed by atoms with Crippen molar-refractivity contribution in [3.63, 3.8) is 0 Å². The van der Waals surface area contributed by atoms with Gasteiger partial charge in [0.15, 0.2) is 5.96 Å². The van der Waals surface area contributed by atoms with E-state index < -0.39 is 0 Å². The van der Waals surface area contributed by atoms with E-state index in [4.69, 9.17) is 4.74 Å². The molecule has 2 aliphatic rings. The number of halogens is 2. The maximum Gasteiger partial charge on any atom is 0.193 e.